The van der Waals surface area contributed by atoms with Crippen molar-refractivity contribution in [3.63, 3.8) is 0 Å². The van der Waals surface area contributed by atoms with Crippen molar-refractivity contribution >= 4 is 64.4 Å². The molecule has 0 unspecified atom stereocenters. The molecule has 1 aromatic rings. The minimum atomic E-state index is 0. The molecule has 1 aromatic heterocycles. The molecule has 0 aromatic carbocycles. The predicted molar refractivity (Wildman–Crippen MR) is 46.4 cm³/mol. The molecule has 0 atom stereocenters. The second-order valence-electron chi connectivity index (χ2n) is 1.43. The molecule has 1 heterocycles. The number of aromatic nitrogens is 1. The van der Waals surface area contributed by atoms with Crippen molar-refractivity contribution in [2.24, 2.45) is 0 Å². The van der Waals surface area contributed by atoms with Gasteiger partial charge in [-0.3, -0.25) is 0 Å². The molecular formula is C5H3Cl3NNa. The number of pyridine rings is 1. The van der Waals surface area contributed by atoms with Crippen LogP contribution in [-0.4, -0.2) is 34.5 Å². The fourth-order valence-corrected chi connectivity index (χ4v) is 0.881. The van der Waals surface area contributed by atoms with Gasteiger partial charge in [-0.1, -0.05) is 34.8 Å². The van der Waals surface area contributed by atoms with E-state index in [1.807, 2.05) is 0 Å². The molecule has 1 nitrogen and oxygen atoms in total. The summed E-state index contributed by atoms with van der Waals surface area (Å²) in [6, 6.07) is 1.54. The average molecular weight is 206 g/mol. The van der Waals surface area contributed by atoms with E-state index < -0.39 is 0 Å². The Morgan fingerprint density at radius 2 is 1.80 bits per heavy atom. The van der Waals surface area contributed by atoms with Crippen molar-refractivity contribution in [2.75, 3.05) is 0 Å². The number of halogens is 3. The molecule has 0 amide bonds. The maximum atomic E-state index is 5.54. The molecule has 1 rings (SSSR count). The second kappa shape index (κ2) is 4.81. The standard InChI is InChI=1S/C5H2Cl3N.Na.H/c6-3-1-4(7)5(8)9-2-3;;/h1-2H;;. The van der Waals surface area contributed by atoms with E-state index in [4.69, 9.17) is 34.8 Å². The molecule has 10 heavy (non-hydrogen) atoms. The molecule has 0 aliphatic rings. The molecule has 0 radical (unpaired) electrons. The molecule has 0 bridgehead atoms. The summed E-state index contributed by atoms with van der Waals surface area (Å²) in [5.74, 6) is 0. The SMILES string of the molecule is Clc1cnc(Cl)c(Cl)c1.[NaH]. The molecule has 0 N–H and O–H groups in total. The van der Waals surface area contributed by atoms with Crippen LogP contribution in [0.15, 0.2) is 12.3 Å². The van der Waals surface area contributed by atoms with Gasteiger partial charge in [-0.15, -0.1) is 0 Å². The van der Waals surface area contributed by atoms with E-state index in [0.29, 0.717) is 10.0 Å². The first-order valence-corrected chi connectivity index (χ1v) is 3.30. The summed E-state index contributed by atoms with van der Waals surface area (Å²) < 4.78 is 0. The van der Waals surface area contributed by atoms with Crippen LogP contribution in [0.1, 0.15) is 0 Å². The molecule has 0 aliphatic carbocycles. The first-order valence-electron chi connectivity index (χ1n) is 2.16. The zero-order chi connectivity index (χ0) is 6.85. The van der Waals surface area contributed by atoms with Crippen LogP contribution in [0.2, 0.25) is 15.2 Å². The monoisotopic (exact) mass is 205 g/mol. The number of rotatable bonds is 0. The molecule has 0 aliphatic heterocycles. The Morgan fingerprint density at radius 3 is 2.20 bits per heavy atom. The summed E-state index contributed by atoms with van der Waals surface area (Å²) >= 11 is 16.5. The topological polar surface area (TPSA) is 12.9 Å². The van der Waals surface area contributed by atoms with Gasteiger partial charge in [-0.2, -0.15) is 0 Å². The van der Waals surface area contributed by atoms with Gasteiger partial charge < -0.3 is 0 Å². The number of hydrogen-bond acceptors (Lipinski definition) is 1. The molecular weight excluding hydrogens is 203 g/mol. The average Bonchev–Trinajstić information content (AvgIpc) is 1.80. The Balaban J connectivity index is 0.000000810. The van der Waals surface area contributed by atoms with Crippen molar-refractivity contribution in [2.45, 2.75) is 0 Å². The third-order valence-corrected chi connectivity index (χ3v) is 1.66. The van der Waals surface area contributed by atoms with Crippen LogP contribution in [0.4, 0.5) is 0 Å². The van der Waals surface area contributed by atoms with Gasteiger partial charge in [0.15, 0.2) is 0 Å². The fraction of sp³-hybridized carbons (Fsp3) is 0. The first kappa shape index (κ1) is 11.0. The number of hydrogen-bond donors (Lipinski definition) is 0. The van der Waals surface area contributed by atoms with Gasteiger partial charge >= 0.3 is 29.6 Å². The van der Waals surface area contributed by atoms with Gasteiger partial charge in [-0.25, -0.2) is 4.98 Å². The van der Waals surface area contributed by atoms with Crippen molar-refractivity contribution in [1.29, 1.82) is 0 Å². The van der Waals surface area contributed by atoms with Gasteiger partial charge in [0.05, 0.1) is 10.0 Å². The van der Waals surface area contributed by atoms with Crippen molar-refractivity contribution in [3.8, 4) is 0 Å². The first-order chi connectivity index (χ1) is 4.20. The summed E-state index contributed by atoms with van der Waals surface area (Å²) in [5.41, 5.74) is 0. The Kier molecular flexibility index (Phi) is 5.30. The summed E-state index contributed by atoms with van der Waals surface area (Å²) in [7, 11) is 0. The Labute approximate surface area is 96.0 Å². The zero-order valence-corrected chi connectivity index (χ0v) is 6.50. The zero-order valence-electron chi connectivity index (χ0n) is 4.24. The summed E-state index contributed by atoms with van der Waals surface area (Å²) in [4.78, 5) is 3.68. The van der Waals surface area contributed by atoms with E-state index in [9.17, 15) is 0 Å². The Morgan fingerprint density at radius 1 is 1.20 bits per heavy atom. The van der Waals surface area contributed by atoms with Gasteiger partial charge in [-0.05, 0) is 6.07 Å². The molecule has 0 spiro atoms. The fourth-order valence-electron chi connectivity index (χ4n) is 0.398. The van der Waals surface area contributed by atoms with E-state index in [1.54, 1.807) is 6.07 Å². The van der Waals surface area contributed by atoms with Crippen LogP contribution in [0.3, 0.4) is 0 Å². The van der Waals surface area contributed by atoms with Crippen LogP contribution in [0, 0.1) is 0 Å². The van der Waals surface area contributed by atoms with E-state index in [2.05, 4.69) is 4.98 Å². The van der Waals surface area contributed by atoms with Crippen LogP contribution >= 0.6 is 34.8 Å². The van der Waals surface area contributed by atoms with Crippen molar-refractivity contribution in [3.05, 3.63) is 27.5 Å². The van der Waals surface area contributed by atoms with Crippen LogP contribution in [0.5, 0.6) is 0 Å². The summed E-state index contributed by atoms with van der Waals surface area (Å²) in [5, 5.41) is 1.15. The van der Waals surface area contributed by atoms with Gasteiger partial charge in [0.2, 0.25) is 0 Å². The van der Waals surface area contributed by atoms with Crippen molar-refractivity contribution in [1.82, 2.24) is 4.98 Å². The van der Waals surface area contributed by atoms with E-state index in [0.717, 1.165) is 0 Å². The Bertz CT molecular complexity index is 228. The van der Waals surface area contributed by atoms with Gasteiger partial charge in [0.25, 0.3) is 0 Å². The maximum absolute atomic E-state index is 5.54. The summed E-state index contributed by atoms with van der Waals surface area (Å²) in [6.07, 6.45) is 1.44. The molecule has 0 saturated heterocycles. The third kappa shape index (κ3) is 2.95. The molecule has 50 valence electrons. The summed E-state index contributed by atoms with van der Waals surface area (Å²) in [6.45, 7) is 0. The van der Waals surface area contributed by atoms with E-state index in [-0.39, 0.29) is 34.7 Å². The third-order valence-electron chi connectivity index (χ3n) is 0.763. The molecule has 0 saturated carbocycles. The van der Waals surface area contributed by atoms with E-state index in [1.165, 1.54) is 6.20 Å². The van der Waals surface area contributed by atoms with Crippen molar-refractivity contribution < 1.29 is 0 Å². The second-order valence-corrected chi connectivity index (χ2v) is 2.63. The van der Waals surface area contributed by atoms with Gasteiger partial charge in [0.1, 0.15) is 5.15 Å². The Hall–Kier alpha value is 1.02. The number of nitrogens with zero attached hydrogens (tertiary/aromatic N) is 1. The normalized spacial score (nSPS) is 8.70. The molecule has 0 fully saturated rings. The molecule has 5 heteroatoms. The van der Waals surface area contributed by atoms with Crippen LogP contribution in [0.25, 0.3) is 0 Å². The van der Waals surface area contributed by atoms with Crippen LogP contribution in [-0.2, 0) is 0 Å². The van der Waals surface area contributed by atoms with E-state index >= 15 is 0 Å². The minimum absolute atomic E-state index is 0. The predicted octanol–water partition coefficient (Wildman–Crippen LogP) is 2.39. The van der Waals surface area contributed by atoms with Crippen LogP contribution < -0.4 is 0 Å². The quantitative estimate of drug-likeness (QED) is 0.469. The van der Waals surface area contributed by atoms with Gasteiger partial charge in [0, 0.05) is 6.20 Å².